The highest BCUT2D eigenvalue weighted by molar-refractivity contribution is 6.28. The summed E-state index contributed by atoms with van der Waals surface area (Å²) in [5, 5.41) is 13.3. The van der Waals surface area contributed by atoms with Crippen LogP contribution in [0.4, 0.5) is 5.82 Å². The topological polar surface area (TPSA) is 76.5 Å². The minimum absolute atomic E-state index is 0.0482. The Hall–Kier alpha value is -2.05. The fraction of sp³-hybridized carbons (Fsp3) is 0.444. The molecule has 3 rings (SSSR count). The number of aliphatic hydroxyl groups excluding tert-OH is 1. The van der Waals surface area contributed by atoms with Gasteiger partial charge in [0, 0.05) is 0 Å². The monoisotopic (exact) mass is 363 g/mol. The van der Waals surface area contributed by atoms with Crippen molar-refractivity contribution in [2.24, 2.45) is 0 Å². The Balaban J connectivity index is 1.74. The van der Waals surface area contributed by atoms with Gasteiger partial charge in [0.25, 0.3) is 0 Å². The Morgan fingerprint density at radius 3 is 2.60 bits per heavy atom. The Bertz CT molecular complexity index is 703. The van der Waals surface area contributed by atoms with Crippen LogP contribution in [0.3, 0.4) is 0 Å². The Morgan fingerprint density at radius 2 is 1.96 bits per heavy atom. The van der Waals surface area contributed by atoms with Crippen molar-refractivity contribution in [2.75, 3.05) is 19.0 Å². The summed E-state index contributed by atoms with van der Waals surface area (Å²) < 4.78 is 11.0. The maximum atomic E-state index is 9.80. The van der Waals surface area contributed by atoms with Gasteiger partial charge in [-0.05, 0) is 42.1 Å². The molecule has 0 saturated heterocycles. The number of aliphatic hydroxyl groups is 1. The van der Waals surface area contributed by atoms with Gasteiger partial charge in [-0.2, -0.15) is 4.98 Å². The van der Waals surface area contributed by atoms with Crippen LogP contribution in [0.25, 0.3) is 0 Å². The molecule has 2 aromatic rings. The summed E-state index contributed by atoms with van der Waals surface area (Å²) in [5.74, 6) is 1.83. The summed E-state index contributed by atoms with van der Waals surface area (Å²) in [4.78, 5) is 8.27. The van der Waals surface area contributed by atoms with Gasteiger partial charge in [-0.3, -0.25) is 0 Å². The maximum absolute atomic E-state index is 9.80. The van der Waals surface area contributed by atoms with Crippen LogP contribution in [-0.2, 0) is 6.61 Å². The number of rotatable bonds is 7. The summed E-state index contributed by atoms with van der Waals surface area (Å²) in [6.07, 6.45) is 5.50. The first kappa shape index (κ1) is 17.8. The van der Waals surface area contributed by atoms with Gasteiger partial charge in [-0.15, -0.1) is 0 Å². The number of ether oxygens (including phenoxy) is 2. The zero-order chi connectivity index (χ0) is 17.7. The molecule has 25 heavy (non-hydrogen) atoms. The number of anilines is 1. The molecule has 1 heterocycles. The van der Waals surface area contributed by atoms with E-state index in [1.54, 1.807) is 13.3 Å². The molecular weight excluding hydrogens is 342 g/mol. The minimum atomic E-state index is -0.365. The highest BCUT2D eigenvalue weighted by atomic mass is 35.5. The van der Waals surface area contributed by atoms with E-state index in [4.69, 9.17) is 21.1 Å². The number of methoxy groups -OCH3 is 1. The van der Waals surface area contributed by atoms with E-state index in [0.29, 0.717) is 18.2 Å². The third-order valence-electron chi connectivity index (χ3n) is 4.53. The predicted octanol–water partition coefficient (Wildman–Crippen LogP) is 3.43. The molecule has 1 aliphatic rings. The molecule has 0 unspecified atom stereocenters. The molecule has 1 aliphatic carbocycles. The van der Waals surface area contributed by atoms with Gasteiger partial charge < -0.3 is 19.9 Å². The lowest BCUT2D eigenvalue weighted by molar-refractivity contribution is 0.213. The van der Waals surface area contributed by atoms with Crippen LogP contribution in [0.15, 0.2) is 30.5 Å². The fourth-order valence-corrected chi connectivity index (χ4v) is 3.19. The first-order valence-corrected chi connectivity index (χ1v) is 8.69. The summed E-state index contributed by atoms with van der Waals surface area (Å²) in [5.41, 5.74) is 0.634. The third-order valence-corrected chi connectivity index (χ3v) is 4.71. The molecule has 0 aliphatic heterocycles. The standard InChI is InChI=1S/C18H22ClN3O3/c1-24-14-6-4-13(5-7-14)11-25-15-10-20-17(19)21-16(15)22-18(12-23)8-2-3-9-18/h4-7,10,23H,2-3,8-9,11-12H2,1H3,(H,20,21,22). The first-order valence-electron chi connectivity index (χ1n) is 8.31. The van der Waals surface area contributed by atoms with Gasteiger partial charge in [0.2, 0.25) is 5.28 Å². The van der Waals surface area contributed by atoms with Crippen molar-refractivity contribution in [3.05, 3.63) is 41.3 Å². The smallest absolute Gasteiger partial charge is 0.224 e. The first-order chi connectivity index (χ1) is 12.1. The van der Waals surface area contributed by atoms with Crippen LogP contribution in [0.2, 0.25) is 5.28 Å². The molecule has 0 radical (unpaired) electrons. The number of nitrogens with zero attached hydrogens (tertiary/aromatic N) is 2. The van der Waals surface area contributed by atoms with Gasteiger partial charge in [0.15, 0.2) is 11.6 Å². The summed E-state index contributed by atoms with van der Waals surface area (Å²) in [6.45, 7) is 0.419. The van der Waals surface area contributed by atoms with Crippen molar-refractivity contribution in [3.63, 3.8) is 0 Å². The van der Waals surface area contributed by atoms with Crippen molar-refractivity contribution < 1.29 is 14.6 Å². The molecule has 7 heteroatoms. The average molecular weight is 364 g/mol. The van der Waals surface area contributed by atoms with Crippen molar-refractivity contribution >= 4 is 17.4 Å². The van der Waals surface area contributed by atoms with E-state index in [-0.39, 0.29) is 17.4 Å². The van der Waals surface area contributed by atoms with Crippen molar-refractivity contribution in [3.8, 4) is 11.5 Å². The number of hydrogen-bond donors (Lipinski definition) is 2. The van der Waals surface area contributed by atoms with Gasteiger partial charge in [0.05, 0.1) is 25.5 Å². The van der Waals surface area contributed by atoms with Gasteiger partial charge in [-0.25, -0.2) is 4.98 Å². The molecular formula is C18H22ClN3O3. The zero-order valence-corrected chi connectivity index (χ0v) is 14.9. The Kier molecular flexibility index (Phi) is 5.60. The molecule has 1 saturated carbocycles. The van der Waals surface area contributed by atoms with Crippen molar-refractivity contribution in [1.82, 2.24) is 9.97 Å². The molecule has 0 bridgehead atoms. The van der Waals surface area contributed by atoms with Crippen LogP contribution in [-0.4, -0.2) is 34.3 Å². The molecule has 2 N–H and O–H groups in total. The van der Waals surface area contributed by atoms with Crippen LogP contribution < -0.4 is 14.8 Å². The van der Waals surface area contributed by atoms with Crippen LogP contribution >= 0.6 is 11.6 Å². The van der Waals surface area contributed by atoms with Crippen molar-refractivity contribution in [1.29, 1.82) is 0 Å². The zero-order valence-electron chi connectivity index (χ0n) is 14.2. The van der Waals surface area contributed by atoms with E-state index in [0.717, 1.165) is 37.0 Å². The van der Waals surface area contributed by atoms with E-state index >= 15 is 0 Å². The quantitative estimate of drug-likeness (QED) is 0.734. The van der Waals surface area contributed by atoms with Gasteiger partial charge in [-0.1, -0.05) is 25.0 Å². The molecule has 0 atom stereocenters. The molecule has 1 aromatic heterocycles. The van der Waals surface area contributed by atoms with E-state index in [2.05, 4.69) is 15.3 Å². The predicted molar refractivity (Wildman–Crippen MR) is 96.3 cm³/mol. The van der Waals surface area contributed by atoms with E-state index in [1.807, 2.05) is 24.3 Å². The number of aromatic nitrogens is 2. The number of nitrogens with one attached hydrogen (secondary N) is 1. The number of benzene rings is 1. The second-order valence-electron chi connectivity index (χ2n) is 6.26. The molecule has 0 amide bonds. The summed E-state index contributed by atoms with van der Waals surface area (Å²) in [6, 6.07) is 7.65. The Labute approximate surface area is 152 Å². The lowest BCUT2D eigenvalue weighted by Crippen LogP contribution is -2.39. The van der Waals surface area contributed by atoms with Gasteiger partial charge in [0.1, 0.15) is 12.4 Å². The highest BCUT2D eigenvalue weighted by Gasteiger charge is 2.34. The van der Waals surface area contributed by atoms with Gasteiger partial charge >= 0.3 is 0 Å². The molecule has 0 spiro atoms. The highest BCUT2D eigenvalue weighted by Crippen LogP contribution is 2.35. The fourth-order valence-electron chi connectivity index (χ4n) is 3.05. The van der Waals surface area contributed by atoms with Crippen LogP contribution in [0.5, 0.6) is 11.5 Å². The van der Waals surface area contributed by atoms with E-state index in [1.165, 1.54) is 0 Å². The maximum Gasteiger partial charge on any atom is 0.224 e. The Morgan fingerprint density at radius 1 is 1.24 bits per heavy atom. The van der Waals surface area contributed by atoms with Crippen LogP contribution in [0.1, 0.15) is 31.2 Å². The average Bonchev–Trinajstić information content (AvgIpc) is 3.10. The number of halogens is 1. The summed E-state index contributed by atoms with van der Waals surface area (Å²) in [7, 11) is 1.63. The second-order valence-corrected chi connectivity index (χ2v) is 6.60. The van der Waals surface area contributed by atoms with Crippen molar-refractivity contribution in [2.45, 2.75) is 37.8 Å². The second kappa shape index (κ2) is 7.89. The molecule has 1 aromatic carbocycles. The number of hydrogen-bond acceptors (Lipinski definition) is 6. The van der Waals surface area contributed by atoms with E-state index in [9.17, 15) is 5.11 Å². The lowest BCUT2D eigenvalue weighted by atomic mass is 9.99. The van der Waals surface area contributed by atoms with Crippen LogP contribution in [0, 0.1) is 0 Å². The summed E-state index contributed by atoms with van der Waals surface area (Å²) >= 11 is 5.95. The largest absolute Gasteiger partial charge is 0.497 e. The molecule has 134 valence electrons. The SMILES string of the molecule is COc1ccc(COc2cnc(Cl)nc2NC2(CO)CCCC2)cc1. The molecule has 6 nitrogen and oxygen atoms in total. The van der Waals surface area contributed by atoms with E-state index < -0.39 is 0 Å². The molecule has 1 fully saturated rings. The lowest BCUT2D eigenvalue weighted by Gasteiger charge is -2.29. The minimum Gasteiger partial charge on any atom is -0.497 e. The normalized spacial score (nSPS) is 15.8. The third kappa shape index (κ3) is 4.32.